The van der Waals surface area contributed by atoms with Gasteiger partial charge in [0.15, 0.2) is 17.6 Å². The molecular weight excluding hydrogens is 338 g/mol. The smallest absolute Gasteiger partial charge is 0.225 e. The molecule has 1 fully saturated rings. The van der Waals surface area contributed by atoms with Crippen molar-refractivity contribution in [2.75, 3.05) is 26.7 Å². The molecular formula is C19H28F2N4O. The maximum absolute atomic E-state index is 13.4. The number of carbonyl (C=O) groups excluding carboxylic acids is 1. The third-order valence-corrected chi connectivity index (χ3v) is 4.65. The molecule has 0 spiro atoms. The number of halogens is 2. The minimum absolute atomic E-state index is 0.00291. The van der Waals surface area contributed by atoms with E-state index < -0.39 is 11.6 Å². The zero-order valence-electron chi connectivity index (χ0n) is 15.9. The van der Waals surface area contributed by atoms with Crippen molar-refractivity contribution in [2.45, 2.75) is 39.2 Å². The van der Waals surface area contributed by atoms with Gasteiger partial charge in [-0.25, -0.2) is 8.78 Å². The Kier molecular flexibility index (Phi) is 6.94. The van der Waals surface area contributed by atoms with Gasteiger partial charge in [-0.15, -0.1) is 0 Å². The molecule has 1 heterocycles. The Bertz CT molecular complexity index is 663. The number of rotatable bonds is 5. The summed E-state index contributed by atoms with van der Waals surface area (Å²) in [6, 6.07) is 4.12. The SMILES string of the molecule is CN=C(NCC(C)c1ccc(F)c(F)c1)NC1CCN(C(=O)C(C)C)C1. The lowest BCUT2D eigenvalue weighted by Gasteiger charge is -2.21. The van der Waals surface area contributed by atoms with Gasteiger partial charge in [-0.2, -0.15) is 0 Å². The molecule has 0 saturated carbocycles. The summed E-state index contributed by atoms with van der Waals surface area (Å²) in [4.78, 5) is 18.1. The lowest BCUT2D eigenvalue weighted by atomic mass is 10.0. The van der Waals surface area contributed by atoms with Crippen LogP contribution in [-0.2, 0) is 4.79 Å². The molecule has 5 nitrogen and oxygen atoms in total. The Morgan fingerprint density at radius 2 is 2.04 bits per heavy atom. The highest BCUT2D eigenvalue weighted by atomic mass is 19.2. The summed E-state index contributed by atoms with van der Waals surface area (Å²) < 4.78 is 26.4. The van der Waals surface area contributed by atoms with Crippen molar-refractivity contribution in [1.82, 2.24) is 15.5 Å². The molecule has 26 heavy (non-hydrogen) atoms. The standard InChI is InChI=1S/C19H28F2N4O/c1-12(2)18(26)25-8-7-15(11-25)24-19(22-4)23-10-13(3)14-5-6-16(20)17(21)9-14/h5-6,9,12-13,15H,7-8,10-11H2,1-4H3,(H2,22,23,24). The summed E-state index contributed by atoms with van der Waals surface area (Å²) in [7, 11) is 1.68. The topological polar surface area (TPSA) is 56.7 Å². The Labute approximate surface area is 153 Å². The van der Waals surface area contributed by atoms with Crippen molar-refractivity contribution in [3.8, 4) is 0 Å². The van der Waals surface area contributed by atoms with Crippen molar-refractivity contribution in [3.63, 3.8) is 0 Å². The van der Waals surface area contributed by atoms with Crippen molar-refractivity contribution in [1.29, 1.82) is 0 Å². The number of hydrogen-bond acceptors (Lipinski definition) is 2. The number of benzene rings is 1. The number of carbonyl (C=O) groups is 1. The van der Waals surface area contributed by atoms with Crippen LogP contribution in [0.25, 0.3) is 0 Å². The first-order valence-electron chi connectivity index (χ1n) is 9.02. The quantitative estimate of drug-likeness (QED) is 0.622. The fourth-order valence-corrected chi connectivity index (χ4v) is 3.02. The Hall–Kier alpha value is -2.18. The molecule has 1 aromatic rings. The Morgan fingerprint density at radius 3 is 2.65 bits per heavy atom. The van der Waals surface area contributed by atoms with E-state index in [1.54, 1.807) is 13.1 Å². The van der Waals surface area contributed by atoms with Crippen molar-refractivity contribution >= 4 is 11.9 Å². The molecule has 2 rings (SSSR count). The summed E-state index contributed by atoms with van der Waals surface area (Å²) in [5, 5.41) is 6.54. The van der Waals surface area contributed by atoms with Gasteiger partial charge in [-0.1, -0.05) is 26.8 Å². The molecule has 1 aromatic carbocycles. The van der Waals surface area contributed by atoms with Crippen LogP contribution in [0.3, 0.4) is 0 Å². The highest BCUT2D eigenvalue weighted by Crippen LogP contribution is 2.17. The lowest BCUT2D eigenvalue weighted by molar-refractivity contribution is -0.133. The monoisotopic (exact) mass is 366 g/mol. The highest BCUT2D eigenvalue weighted by Gasteiger charge is 2.28. The van der Waals surface area contributed by atoms with Gasteiger partial charge < -0.3 is 15.5 Å². The first kappa shape index (κ1) is 20.1. The molecule has 0 aromatic heterocycles. The predicted molar refractivity (Wildman–Crippen MR) is 99.1 cm³/mol. The molecule has 2 N–H and O–H groups in total. The number of nitrogens with zero attached hydrogens (tertiary/aromatic N) is 2. The van der Waals surface area contributed by atoms with Gasteiger partial charge in [0.2, 0.25) is 5.91 Å². The minimum atomic E-state index is -0.840. The van der Waals surface area contributed by atoms with Crippen LogP contribution >= 0.6 is 0 Å². The van der Waals surface area contributed by atoms with Crippen molar-refractivity contribution in [3.05, 3.63) is 35.4 Å². The van der Waals surface area contributed by atoms with Gasteiger partial charge in [0, 0.05) is 38.6 Å². The fraction of sp³-hybridized carbons (Fsp3) is 0.579. The fourth-order valence-electron chi connectivity index (χ4n) is 3.02. The third kappa shape index (κ3) is 5.16. The van der Waals surface area contributed by atoms with Gasteiger partial charge >= 0.3 is 0 Å². The first-order valence-corrected chi connectivity index (χ1v) is 9.02. The maximum Gasteiger partial charge on any atom is 0.225 e. The average Bonchev–Trinajstić information content (AvgIpc) is 3.08. The summed E-state index contributed by atoms with van der Waals surface area (Å²) >= 11 is 0. The molecule has 1 amide bonds. The molecule has 1 saturated heterocycles. The first-order chi connectivity index (χ1) is 12.3. The second kappa shape index (κ2) is 8.96. The van der Waals surface area contributed by atoms with E-state index in [4.69, 9.17) is 0 Å². The molecule has 144 valence electrons. The van der Waals surface area contributed by atoms with E-state index in [1.807, 2.05) is 25.7 Å². The highest BCUT2D eigenvalue weighted by molar-refractivity contribution is 5.81. The number of aliphatic imine (C=N–C) groups is 1. The Morgan fingerprint density at radius 1 is 1.31 bits per heavy atom. The van der Waals surface area contributed by atoms with Crippen LogP contribution in [0.1, 0.15) is 38.7 Å². The van der Waals surface area contributed by atoms with Gasteiger partial charge in [0.25, 0.3) is 0 Å². The minimum Gasteiger partial charge on any atom is -0.356 e. The number of hydrogen-bond donors (Lipinski definition) is 2. The number of guanidine groups is 1. The van der Waals surface area contributed by atoms with Gasteiger partial charge in [0.1, 0.15) is 0 Å². The van der Waals surface area contributed by atoms with Crippen LogP contribution in [0.4, 0.5) is 8.78 Å². The van der Waals surface area contributed by atoms with E-state index in [0.29, 0.717) is 19.0 Å². The van der Waals surface area contributed by atoms with Gasteiger partial charge in [-0.05, 0) is 30.0 Å². The molecule has 2 unspecified atom stereocenters. The number of amides is 1. The molecule has 1 aliphatic heterocycles. The molecule has 0 radical (unpaired) electrons. The molecule has 0 bridgehead atoms. The van der Waals surface area contributed by atoms with Crippen LogP contribution in [0.15, 0.2) is 23.2 Å². The van der Waals surface area contributed by atoms with E-state index >= 15 is 0 Å². The summed E-state index contributed by atoms with van der Waals surface area (Å²) in [5.74, 6) is -0.868. The van der Waals surface area contributed by atoms with Crippen LogP contribution in [-0.4, -0.2) is 49.5 Å². The van der Waals surface area contributed by atoms with Crippen LogP contribution in [0.5, 0.6) is 0 Å². The van der Waals surface area contributed by atoms with E-state index in [1.165, 1.54) is 6.07 Å². The molecule has 2 atom stereocenters. The molecule has 1 aliphatic rings. The van der Waals surface area contributed by atoms with E-state index in [-0.39, 0.29) is 23.8 Å². The van der Waals surface area contributed by atoms with E-state index in [9.17, 15) is 13.6 Å². The second-order valence-electron chi connectivity index (χ2n) is 7.10. The van der Waals surface area contributed by atoms with Crippen molar-refractivity contribution in [2.24, 2.45) is 10.9 Å². The summed E-state index contributed by atoms with van der Waals surface area (Å²) in [6.45, 7) is 7.69. The van der Waals surface area contributed by atoms with Crippen LogP contribution < -0.4 is 10.6 Å². The third-order valence-electron chi connectivity index (χ3n) is 4.65. The normalized spacial score (nSPS) is 19.0. The van der Waals surface area contributed by atoms with Gasteiger partial charge in [0.05, 0.1) is 0 Å². The summed E-state index contributed by atoms with van der Waals surface area (Å²) in [5.41, 5.74) is 0.724. The average molecular weight is 366 g/mol. The largest absolute Gasteiger partial charge is 0.356 e. The number of nitrogens with one attached hydrogen (secondary N) is 2. The lowest BCUT2D eigenvalue weighted by Crippen LogP contribution is -2.46. The molecule has 7 heteroatoms. The van der Waals surface area contributed by atoms with Crippen molar-refractivity contribution < 1.29 is 13.6 Å². The zero-order chi connectivity index (χ0) is 19.3. The van der Waals surface area contributed by atoms with E-state index in [2.05, 4.69) is 15.6 Å². The summed E-state index contributed by atoms with van der Waals surface area (Å²) in [6.07, 6.45) is 0.873. The van der Waals surface area contributed by atoms with Gasteiger partial charge in [-0.3, -0.25) is 9.79 Å². The predicted octanol–water partition coefficient (Wildman–Crippen LogP) is 2.49. The van der Waals surface area contributed by atoms with E-state index in [0.717, 1.165) is 24.6 Å². The second-order valence-corrected chi connectivity index (χ2v) is 7.10. The Balaban J connectivity index is 1.84. The number of likely N-dealkylation sites (tertiary alicyclic amines) is 1. The maximum atomic E-state index is 13.4. The van der Waals surface area contributed by atoms with Crippen LogP contribution in [0.2, 0.25) is 0 Å². The van der Waals surface area contributed by atoms with Crippen LogP contribution in [0, 0.1) is 17.6 Å². The zero-order valence-corrected chi connectivity index (χ0v) is 15.9. The molecule has 0 aliphatic carbocycles.